The Morgan fingerprint density at radius 1 is 0.346 bits per heavy atom. The molecule has 0 heterocycles. The van der Waals surface area contributed by atoms with Crippen LogP contribution in [0.15, 0.2) is 48.6 Å². The summed E-state index contributed by atoms with van der Waals surface area (Å²) in [5.41, 5.74) is 0. The largest absolute Gasteiger partial charge is 0.0882 e. The van der Waals surface area contributed by atoms with Gasteiger partial charge < -0.3 is 0 Å². The van der Waals surface area contributed by atoms with Crippen LogP contribution in [0.3, 0.4) is 0 Å². The molecule has 0 radical (unpaired) electrons. The van der Waals surface area contributed by atoms with Crippen LogP contribution in [0.4, 0.5) is 0 Å². The summed E-state index contributed by atoms with van der Waals surface area (Å²) in [4.78, 5) is 0. The maximum Gasteiger partial charge on any atom is -0.0169 e. The molecule has 0 unspecified atom stereocenters. The third-order valence-electron chi connectivity index (χ3n) is 4.12. The minimum atomic E-state index is 1.06. The van der Waals surface area contributed by atoms with E-state index in [1.807, 2.05) is 0 Å². The Morgan fingerprint density at radius 3 is 1.15 bits per heavy atom. The second-order valence-electron chi connectivity index (χ2n) is 6.94. The smallest absolute Gasteiger partial charge is 0.0169 e. The lowest BCUT2D eigenvalue weighted by molar-refractivity contribution is 0.656. The molecule has 0 bridgehead atoms. The lowest BCUT2D eigenvalue weighted by Crippen LogP contribution is -1.70. The molecule has 0 atom stereocenters. The molecular formula is C26H48. The molecule has 0 aliphatic rings. The maximum absolute atomic E-state index is 2.31. The lowest BCUT2D eigenvalue weighted by Gasteiger charge is -1.90. The summed E-state index contributed by atoms with van der Waals surface area (Å²) in [5.74, 6) is 0. The van der Waals surface area contributed by atoms with E-state index in [1.165, 1.54) is 70.6 Å². The van der Waals surface area contributed by atoms with E-state index >= 15 is 0 Å². The van der Waals surface area contributed by atoms with E-state index in [9.17, 15) is 0 Å². The highest BCUT2D eigenvalue weighted by atomic mass is 13.9. The summed E-state index contributed by atoms with van der Waals surface area (Å²) in [6.45, 7) is 8.95. The standard InChI is InChI=1S/C19H32.C7H16/c1-3-5-7-9-11-13-15-17-19-18-16-14-12-10-8-6-4-2;1-3-5-7-6-4-2/h7,9,12-15,18-19H,3-6,8,10-11,16-17H2,1-2H3;3-7H2,1-2H3/b9-7+,14-12+,15-13-,19-18+;. The summed E-state index contributed by atoms with van der Waals surface area (Å²) < 4.78 is 0. The van der Waals surface area contributed by atoms with Gasteiger partial charge >= 0.3 is 0 Å². The molecule has 152 valence electrons. The Labute approximate surface area is 166 Å². The summed E-state index contributed by atoms with van der Waals surface area (Å²) >= 11 is 0. The molecule has 0 N–H and O–H groups in total. The second-order valence-corrected chi connectivity index (χ2v) is 6.94. The molecule has 0 aromatic heterocycles. The average Bonchev–Trinajstić information content (AvgIpc) is 2.66. The lowest BCUT2D eigenvalue weighted by atomic mass is 10.2. The van der Waals surface area contributed by atoms with Gasteiger partial charge in [-0.1, -0.05) is 128 Å². The molecule has 0 fully saturated rings. The van der Waals surface area contributed by atoms with Crippen molar-refractivity contribution in [3.63, 3.8) is 0 Å². The molecule has 0 aliphatic carbocycles. The van der Waals surface area contributed by atoms with Gasteiger partial charge in [0.25, 0.3) is 0 Å². The number of unbranched alkanes of at least 4 members (excludes halogenated alkanes) is 8. The van der Waals surface area contributed by atoms with E-state index in [2.05, 4.69) is 76.3 Å². The highest BCUT2D eigenvalue weighted by Gasteiger charge is 1.81. The van der Waals surface area contributed by atoms with Gasteiger partial charge in [0.1, 0.15) is 0 Å². The third-order valence-corrected chi connectivity index (χ3v) is 4.12. The fraction of sp³-hybridized carbons (Fsp3) is 0.692. The molecular weight excluding hydrogens is 312 g/mol. The molecule has 0 aromatic carbocycles. The van der Waals surface area contributed by atoms with Gasteiger partial charge in [0, 0.05) is 0 Å². The van der Waals surface area contributed by atoms with Gasteiger partial charge in [-0.25, -0.2) is 0 Å². The Bertz CT molecular complexity index is 326. The summed E-state index contributed by atoms with van der Waals surface area (Å²) in [7, 11) is 0. The first-order valence-corrected chi connectivity index (χ1v) is 11.4. The topological polar surface area (TPSA) is 0 Å². The van der Waals surface area contributed by atoms with Gasteiger partial charge in [0.05, 0.1) is 0 Å². The summed E-state index contributed by atoms with van der Waals surface area (Å²) in [6.07, 6.45) is 36.0. The third kappa shape index (κ3) is 30.8. The Balaban J connectivity index is 0. The number of hydrogen-bond acceptors (Lipinski definition) is 0. The molecule has 0 aromatic rings. The zero-order valence-corrected chi connectivity index (χ0v) is 18.5. The van der Waals surface area contributed by atoms with Gasteiger partial charge in [-0.15, -0.1) is 0 Å². The number of hydrogen-bond donors (Lipinski definition) is 0. The van der Waals surface area contributed by atoms with Crippen LogP contribution in [0.1, 0.15) is 118 Å². The first-order valence-electron chi connectivity index (χ1n) is 11.4. The first kappa shape index (κ1) is 27.2. The zero-order valence-electron chi connectivity index (χ0n) is 18.5. The van der Waals surface area contributed by atoms with Crippen molar-refractivity contribution in [1.29, 1.82) is 0 Å². The fourth-order valence-electron chi connectivity index (χ4n) is 2.40. The van der Waals surface area contributed by atoms with Crippen LogP contribution in [0.25, 0.3) is 0 Å². The molecule has 0 nitrogen and oxygen atoms in total. The van der Waals surface area contributed by atoms with E-state index < -0.39 is 0 Å². The van der Waals surface area contributed by atoms with Gasteiger partial charge in [-0.2, -0.15) is 0 Å². The van der Waals surface area contributed by atoms with Crippen molar-refractivity contribution in [3.05, 3.63) is 48.6 Å². The van der Waals surface area contributed by atoms with Gasteiger partial charge in [-0.3, -0.25) is 0 Å². The van der Waals surface area contributed by atoms with Gasteiger partial charge in [0.15, 0.2) is 0 Å². The monoisotopic (exact) mass is 360 g/mol. The quantitative estimate of drug-likeness (QED) is 0.190. The molecule has 26 heavy (non-hydrogen) atoms. The first-order chi connectivity index (χ1) is 12.8. The van der Waals surface area contributed by atoms with E-state index in [4.69, 9.17) is 0 Å². The molecule has 0 saturated carbocycles. The van der Waals surface area contributed by atoms with E-state index in [1.54, 1.807) is 0 Å². The van der Waals surface area contributed by atoms with Crippen LogP contribution in [0.2, 0.25) is 0 Å². The van der Waals surface area contributed by atoms with Crippen molar-refractivity contribution in [3.8, 4) is 0 Å². The molecule has 0 amide bonds. The molecule has 0 saturated heterocycles. The molecule has 0 aliphatic heterocycles. The highest BCUT2D eigenvalue weighted by molar-refractivity contribution is 4.99. The predicted octanol–water partition coefficient (Wildman–Crippen LogP) is 9.74. The normalized spacial score (nSPS) is 11.8. The van der Waals surface area contributed by atoms with Crippen LogP contribution in [-0.4, -0.2) is 0 Å². The van der Waals surface area contributed by atoms with Crippen LogP contribution < -0.4 is 0 Å². The van der Waals surface area contributed by atoms with Crippen LogP contribution in [0, 0.1) is 0 Å². The minimum absolute atomic E-state index is 1.06. The van der Waals surface area contributed by atoms with Crippen molar-refractivity contribution in [1.82, 2.24) is 0 Å². The molecule has 0 rings (SSSR count). The second kappa shape index (κ2) is 28.8. The molecule has 0 spiro atoms. The van der Waals surface area contributed by atoms with Crippen molar-refractivity contribution < 1.29 is 0 Å². The molecule has 0 heteroatoms. The van der Waals surface area contributed by atoms with Crippen molar-refractivity contribution >= 4 is 0 Å². The highest BCUT2D eigenvalue weighted by Crippen LogP contribution is 2.01. The Hall–Kier alpha value is -1.04. The maximum atomic E-state index is 2.31. The SMILES string of the molecule is CCC/C=C/C/C=C\C/C=C/C/C=C/CCCCC.CCCCCCC. The zero-order chi connectivity index (χ0) is 19.6. The van der Waals surface area contributed by atoms with Gasteiger partial charge in [-0.05, 0) is 38.5 Å². The van der Waals surface area contributed by atoms with E-state index in [-0.39, 0.29) is 0 Å². The number of rotatable bonds is 16. The van der Waals surface area contributed by atoms with Crippen molar-refractivity contribution in [2.24, 2.45) is 0 Å². The average molecular weight is 361 g/mol. The summed E-state index contributed by atoms with van der Waals surface area (Å²) in [6, 6.07) is 0. The van der Waals surface area contributed by atoms with Crippen LogP contribution >= 0.6 is 0 Å². The predicted molar refractivity (Wildman–Crippen MR) is 124 cm³/mol. The van der Waals surface area contributed by atoms with Crippen molar-refractivity contribution in [2.75, 3.05) is 0 Å². The van der Waals surface area contributed by atoms with Crippen LogP contribution in [0.5, 0.6) is 0 Å². The van der Waals surface area contributed by atoms with E-state index in [0.717, 1.165) is 19.3 Å². The van der Waals surface area contributed by atoms with Gasteiger partial charge in [0.2, 0.25) is 0 Å². The van der Waals surface area contributed by atoms with Crippen molar-refractivity contribution in [2.45, 2.75) is 118 Å². The Kier molecular flexibility index (Phi) is 30.1. The van der Waals surface area contributed by atoms with E-state index in [0.29, 0.717) is 0 Å². The minimum Gasteiger partial charge on any atom is -0.0882 e. The van der Waals surface area contributed by atoms with Crippen LogP contribution in [-0.2, 0) is 0 Å². The Morgan fingerprint density at radius 2 is 0.731 bits per heavy atom. The summed E-state index contributed by atoms with van der Waals surface area (Å²) in [5, 5.41) is 0. The number of allylic oxidation sites excluding steroid dienone is 8. The fourth-order valence-corrected chi connectivity index (χ4v) is 2.40.